The van der Waals surface area contributed by atoms with Crippen LogP contribution < -0.4 is 5.43 Å². The lowest BCUT2D eigenvalue weighted by atomic mass is 9.85. The monoisotopic (exact) mass is 322 g/mol. The Kier molecular flexibility index (Phi) is 2.65. The molecule has 0 aromatic heterocycles. The number of imide groups is 1. The fraction of sp³-hybridized carbons (Fsp3) is 0.421. The Morgan fingerprint density at radius 1 is 1.04 bits per heavy atom. The van der Waals surface area contributed by atoms with Gasteiger partial charge in [0.1, 0.15) is 0 Å². The molecule has 1 N–H and O–H groups in total. The van der Waals surface area contributed by atoms with Gasteiger partial charge in [0.25, 0.3) is 11.8 Å². The van der Waals surface area contributed by atoms with E-state index in [9.17, 15) is 14.4 Å². The van der Waals surface area contributed by atoms with Crippen molar-refractivity contribution in [3.05, 3.63) is 48.0 Å². The molecule has 1 aromatic carbocycles. The smallest absolute Gasteiger partial charge is 0.252 e. The van der Waals surface area contributed by atoms with Crippen LogP contribution >= 0.6 is 0 Å². The Hall–Kier alpha value is -2.43. The van der Waals surface area contributed by atoms with E-state index in [0.717, 1.165) is 23.4 Å². The Bertz CT molecular complexity index is 747. The van der Waals surface area contributed by atoms with Crippen molar-refractivity contribution in [3.8, 4) is 0 Å². The van der Waals surface area contributed by atoms with Gasteiger partial charge in [0.2, 0.25) is 5.91 Å². The average molecular weight is 322 g/mol. The van der Waals surface area contributed by atoms with Crippen LogP contribution in [0.3, 0.4) is 0 Å². The van der Waals surface area contributed by atoms with Crippen molar-refractivity contribution in [2.75, 3.05) is 0 Å². The number of benzene rings is 1. The molecule has 0 radical (unpaired) electrons. The number of nitrogens with zero attached hydrogens (tertiary/aromatic N) is 1. The summed E-state index contributed by atoms with van der Waals surface area (Å²) in [5, 5.41) is 0.989. The SMILES string of the molecule is O=C(Cc1ccccc1)NN1C(=O)[C@@H]2[C@@H](C1=O)[C@@H]1C=C[C@@H]2C12CC2. The first-order valence-corrected chi connectivity index (χ1v) is 8.51. The molecule has 5 heteroatoms. The maximum absolute atomic E-state index is 12.7. The largest absolute Gasteiger partial charge is 0.273 e. The Labute approximate surface area is 139 Å². The third-order valence-electron chi connectivity index (χ3n) is 6.30. The summed E-state index contributed by atoms with van der Waals surface area (Å²) in [5.41, 5.74) is 3.58. The normalized spacial score (nSPS) is 34.1. The first kappa shape index (κ1) is 14.0. The molecule has 1 heterocycles. The van der Waals surface area contributed by atoms with Gasteiger partial charge >= 0.3 is 0 Å². The van der Waals surface area contributed by atoms with E-state index in [-0.39, 0.29) is 53.2 Å². The number of rotatable bonds is 3. The molecule has 122 valence electrons. The lowest BCUT2D eigenvalue weighted by molar-refractivity contribution is -0.150. The van der Waals surface area contributed by atoms with Crippen molar-refractivity contribution in [3.63, 3.8) is 0 Å². The molecule has 4 aliphatic rings. The van der Waals surface area contributed by atoms with Gasteiger partial charge in [0, 0.05) is 0 Å². The molecule has 1 saturated heterocycles. The van der Waals surface area contributed by atoms with E-state index in [1.165, 1.54) is 0 Å². The number of nitrogens with one attached hydrogen (secondary N) is 1. The Balaban J connectivity index is 1.33. The van der Waals surface area contributed by atoms with Crippen molar-refractivity contribution in [2.45, 2.75) is 19.3 Å². The molecule has 2 saturated carbocycles. The zero-order valence-corrected chi connectivity index (χ0v) is 13.1. The van der Waals surface area contributed by atoms with Crippen molar-refractivity contribution in [2.24, 2.45) is 29.1 Å². The molecule has 1 aromatic rings. The summed E-state index contributed by atoms with van der Waals surface area (Å²) in [6, 6.07) is 9.30. The van der Waals surface area contributed by atoms with Gasteiger partial charge in [-0.1, -0.05) is 42.5 Å². The number of hydrazine groups is 1. The lowest BCUT2D eigenvalue weighted by Gasteiger charge is -2.22. The number of allylic oxidation sites excluding steroid dienone is 2. The lowest BCUT2D eigenvalue weighted by Crippen LogP contribution is -2.48. The van der Waals surface area contributed by atoms with Gasteiger partial charge in [-0.3, -0.25) is 19.8 Å². The number of hydrogen-bond donors (Lipinski definition) is 1. The van der Waals surface area contributed by atoms with E-state index < -0.39 is 0 Å². The first-order chi connectivity index (χ1) is 11.6. The standard InChI is InChI=1S/C19H18N2O3/c22-14(10-11-4-2-1-3-5-11)20-21-17(23)15-12-6-7-13(16(15)18(21)24)19(12)8-9-19/h1-7,12-13,15-16H,8-10H2,(H,20,22)/t12-,13-,15-,16-/m0/s1. The molecule has 1 aliphatic heterocycles. The average Bonchev–Trinajstić information content (AvgIpc) is 3.19. The maximum Gasteiger partial charge on any atom is 0.252 e. The molecule has 5 nitrogen and oxygen atoms in total. The molecule has 3 aliphatic carbocycles. The third kappa shape index (κ3) is 1.67. The first-order valence-electron chi connectivity index (χ1n) is 8.51. The molecule has 3 amide bonds. The van der Waals surface area contributed by atoms with Crippen LogP contribution in [0, 0.1) is 29.1 Å². The second kappa shape index (κ2) is 4.56. The van der Waals surface area contributed by atoms with Crippen LogP contribution in [-0.4, -0.2) is 22.7 Å². The van der Waals surface area contributed by atoms with E-state index in [1.54, 1.807) is 0 Å². The van der Waals surface area contributed by atoms with Gasteiger partial charge < -0.3 is 0 Å². The summed E-state index contributed by atoms with van der Waals surface area (Å²) in [7, 11) is 0. The minimum atomic E-state index is -0.329. The third-order valence-corrected chi connectivity index (χ3v) is 6.30. The van der Waals surface area contributed by atoms with E-state index in [0.29, 0.717) is 0 Å². The van der Waals surface area contributed by atoms with Crippen LogP contribution in [0.15, 0.2) is 42.5 Å². The predicted molar refractivity (Wildman–Crippen MR) is 84.9 cm³/mol. The summed E-state index contributed by atoms with van der Waals surface area (Å²) < 4.78 is 0. The molecule has 1 spiro atoms. The summed E-state index contributed by atoms with van der Waals surface area (Å²) in [6.45, 7) is 0. The fourth-order valence-corrected chi connectivity index (χ4v) is 5.13. The predicted octanol–water partition coefficient (Wildman–Crippen LogP) is 1.46. The number of hydrogen-bond acceptors (Lipinski definition) is 3. The minimum Gasteiger partial charge on any atom is -0.273 e. The second-order valence-electron chi connectivity index (χ2n) is 7.43. The van der Waals surface area contributed by atoms with Crippen molar-refractivity contribution in [1.29, 1.82) is 0 Å². The number of carbonyl (C=O) groups excluding carboxylic acids is 3. The number of carbonyl (C=O) groups is 3. The van der Waals surface area contributed by atoms with Gasteiger partial charge in [0.15, 0.2) is 0 Å². The van der Waals surface area contributed by atoms with E-state index in [4.69, 9.17) is 0 Å². The highest BCUT2D eigenvalue weighted by atomic mass is 16.2. The van der Waals surface area contributed by atoms with Crippen molar-refractivity contribution in [1.82, 2.24) is 10.4 Å². The van der Waals surface area contributed by atoms with E-state index in [2.05, 4.69) is 17.6 Å². The molecule has 4 atom stereocenters. The summed E-state index contributed by atoms with van der Waals surface area (Å²) in [4.78, 5) is 37.7. The summed E-state index contributed by atoms with van der Waals surface area (Å²) in [6.07, 6.45) is 6.63. The molecule has 2 bridgehead atoms. The van der Waals surface area contributed by atoms with Crippen LogP contribution in [0.2, 0.25) is 0 Å². The minimum absolute atomic E-state index is 0.155. The van der Waals surface area contributed by atoms with Gasteiger partial charge in [-0.15, -0.1) is 0 Å². The van der Waals surface area contributed by atoms with Crippen LogP contribution in [0.25, 0.3) is 0 Å². The molecular weight excluding hydrogens is 304 g/mol. The van der Waals surface area contributed by atoms with Crippen LogP contribution in [-0.2, 0) is 20.8 Å². The molecule has 0 unspecified atom stereocenters. The Morgan fingerprint density at radius 2 is 1.62 bits per heavy atom. The highest BCUT2D eigenvalue weighted by Gasteiger charge is 2.73. The topological polar surface area (TPSA) is 66.5 Å². The fourth-order valence-electron chi connectivity index (χ4n) is 5.13. The molecule has 5 rings (SSSR count). The van der Waals surface area contributed by atoms with Gasteiger partial charge in [0.05, 0.1) is 18.3 Å². The van der Waals surface area contributed by atoms with Crippen LogP contribution in [0.1, 0.15) is 18.4 Å². The van der Waals surface area contributed by atoms with E-state index >= 15 is 0 Å². The van der Waals surface area contributed by atoms with Gasteiger partial charge in [-0.2, -0.15) is 5.01 Å². The Morgan fingerprint density at radius 3 is 2.17 bits per heavy atom. The van der Waals surface area contributed by atoms with Gasteiger partial charge in [-0.05, 0) is 35.7 Å². The molecule has 24 heavy (non-hydrogen) atoms. The summed E-state index contributed by atoms with van der Waals surface area (Å²) >= 11 is 0. The van der Waals surface area contributed by atoms with Crippen molar-refractivity contribution >= 4 is 17.7 Å². The highest BCUT2D eigenvalue weighted by molar-refractivity contribution is 6.07. The highest BCUT2D eigenvalue weighted by Crippen LogP contribution is 2.73. The second-order valence-corrected chi connectivity index (χ2v) is 7.43. The van der Waals surface area contributed by atoms with Gasteiger partial charge in [-0.25, -0.2) is 0 Å². The zero-order valence-electron chi connectivity index (χ0n) is 13.1. The number of fused-ring (bicyclic) bond motifs is 3. The number of amides is 3. The maximum atomic E-state index is 12.7. The zero-order chi connectivity index (χ0) is 16.5. The van der Waals surface area contributed by atoms with Crippen LogP contribution in [0.5, 0.6) is 0 Å². The van der Waals surface area contributed by atoms with E-state index in [1.807, 2.05) is 30.3 Å². The van der Waals surface area contributed by atoms with Crippen LogP contribution in [0.4, 0.5) is 0 Å². The summed E-state index contributed by atoms with van der Waals surface area (Å²) in [5.74, 6) is -0.965. The molecular formula is C19H18N2O3. The van der Waals surface area contributed by atoms with Crippen molar-refractivity contribution < 1.29 is 14.4 Å². The molecule has 3 fully saturated rings. The quantitative estimate of drug-likeness (QED) is 0.677.